The van der Waals surface area contributed by atoms with E-state index in [-0.39, 0.29) is 18.2 Å². The van der Waals surface area contributed by atoms with Crippen molar-refractivity contribution in [2.24, 2.45) is 5.73 Å². The maximum Gasteiger partial charge on any atom is 0.255 e. The number of hydrogen-bond acceptors (Lipinski definition) is 5. The Balaban J connectivity index is 1.99. The zero-order valence-corrected chi connectivity index (χ0v) is 14.3. The van der Waals surface area contributed by atoms with Gasteiger partial charge in [0.2, 0.25) is 5.91 Å². The number of aromatic nitrogens is 1. The van der Waals surface area contributed by atoms with Gasteiger partial charge in [0.1, 0.15) is 0 Å². The van der Waals surface area contributed by atoms with Crippen LogP contribution in [-0.4, -0.2) is 35.5 Å². The molecule has 2 aromatic rings. The van der Waals surface area contributed by atoms with Crippen LogP contribution < -0.4 is 11.1 Å². The van der Waals surface area contributed by atoms with E-state index in [9.17, 15) is 9.59 Å². The molecule has 7 heteroatoms. The van der Waals surface area contributed by atoms with Crippen molar-refractivity contribution < 1.29 is 14.4 Å². The molecule has 0 saturated heterocycles. The molecule has 1 aromatic heterocycles. The highest BCUT2D eigenvalue weighted by Crippen LogP contribution is 2.17. The molecule has 0 saturated carbocycles. The lowest BCUT2D eigenvalue weighted by molar-refractivity contribution is -0.175. The molecule has 0 radical (unpaired) electrons. The van der Waals surface area contributed by atoms with Gasteiger partial charge in [-0.25, -0.2) is 5.06 Å². The van der Waals surface area contributed by atoms with Crippen LogP contribution in [0.2, 0.25) is 0 Å². The van der Waals surface area contributed by atoms with E-state index < -0.39 is 6.04 Å². The number of carbonyl (C=O) groups excluding carboxylic acids is 2. The van der Waals surface area contributed by atoms with Gasteiger partial charge in [-0.3, -0.25) is 19.4 Å². The summed E-state index contributed by atoms with van der Waals surface area (Å²) < 4.78 is 0. The van der Waals surface area contributed by atoms with Crippen LogP contribution in [-0.2, 0) is 9.63 Å². The fourth-order valence-corrected chi connectivity index (χ4v) is 2.34. The van der Waals surface area contributed by atoms with Gasteiger partial charge in [-0.1, -0.05) is 12.1 Å². The number of nitrogens with one attached hydrogen (secondary N) is 1. The normalized spacial score (nSPS) is 11.6. The van der Waals surface area contributed by atoms with E-state index in [1.165, 1.54) is 12.2 Å². The van der Waals surface area contributed by atoms with Crippen molar-refractivity contribution in [3.8, 4) is 0 Å². The first kappa shape index (κ1) is 18.6. The van der Waals surface area contributed by atoms with Gasteiger partial charge in [-0.2, -0.15) is 0 Å². The van der Waals surface area contributed by atoms with Gasteiger partial charge in [-0.15, -0.1) is 0 Å². The highest BCUT2D eigenvalue weighted by molar-refractivity contribution is 6.04. The fraction of sp³-hybridized carbons (Fsp3) is 0.278. The average molecular weight is 342 g/mol. The number of rotatable bonds is 7. The molecule has 0 spiro atoms. The van der Waals surface area contributed by atoms with Crippen LogP contribution in [0.15, 0.2) is 48.8 Å². The molecule has 2 amide bonds. The molecular weight excluding hydrogens is 320 g/mol. The Kier molecular flexibility index (Phi) is 6.62. The average Bonchev–Trinajstić information content (AvgIpc) is 2.63. The summed E-state index contributed by atoms with van der Waals surface area (Å²) in [4.78, 5) is 33.1. The Morgan fingerprint density at radius 1 is 1.20 bits per heavy atom. The Labute approximate surface area is 146 Å². The summed E-state index contributed by atoms with van der Waals surface area (Å²) in [5.41, 5.74) is 8.04. The van der Waals surface area contributed by atoms with Crippen molar-refractivity contribution in [1.82, 2.24) is 10.0 Å². The molecule has 0 aliphatic rings. The third-order valence-electron chi connectivity index (χ3n) is 3.72. The summed E-state index contributed by atoms with van der Waals surface area (Å²) >= 11 is 0. The summed E-state index contributed by atoms with van der Waals surface area (Å²) in [6.07, 6.45) is 3.34. The summed E-state index contributed by atoms with van der Waals surface area (Å²) in [7, 11) is 1.45. The number of carbonyl (C=O) groups is 2. The number of hydroxylamine groups is 2. The number of hydrogen-bond donors (Lipinski definition) is 2. The number of amides is 2. The van der Waals surface area contributed by atoms with E-state index in [4.69, 9.17) is 10.6 Å². The zero-order chi connectivity index (χ0) is 18.2. The predicted molar refractivity (Wildman–Crippen MR) is 94.6 cm³/mol. The molecule has 7 nitrogen and oxygen atoms in total. The highest BCUT2D eigenvalue weighted by Gasteiger charge is 2.17. The second-order valence-electron chi connectivity index (χ2n) is 5.39. The minimum absolute atomic E-state index is 0.129. The second kappa shape index (κ2) is 8.91. The molecule has 1 heterocycles. The van der Waals surface area contributed by atoms with Crippen molar-refractivity contribution in [3.63, 3.8) is 0 Å². The lowest BCUT2D eigenvalue weighted by Gasteiger charge is -2.20. The van der Waals surface area contributed by atoms with E-state index in [2.05, 4.69) is 10.3 Å². The van der Waals surface area contributed by atoms with Gasteiger partial charge in [0.25, 0.3) is 5.91 Å². The summed E-state index contributed by atoms with van der Waals surface area (Å²) in [5, 5.41) is 4.04. The Hall–Kier alpha value is -2.77. The molecular formula is C18H22N4O3. The van der Waals surface area contributed by atoms with Gasteiger partial charge in [0.05, 0.1) is 7.11 Å². The maximum absolute atomic E-state index is 12.2. The topological polar surface area (TPSA) is 97.5 Å². The quantitative estimate of drug-likeness (QED) is 0.751. The molecule has 0 aliphatic heterocycles. The molecule has 132 valence electrons. The Bertz CT molecular complexity index is 700. The summed E-state index contributed by atoms with van der Waals surface area (Å²) in [6, 6.07) is 9.83. The van der Waals surface area contributed by atoms with Crippen molar-refractivity contribution in [2.75, 3.05) is 19.0 Å². The van der Waals surface area contributed by atoms with E-state index in [0.717, 1.165) is 5.56 Å². The zero-order valence-electron chi connectivity index (χ0n) is 14.3. The smallest absolute Gasteiger partial charge is 0.255 e. The lowest BCUT2D eigenvalue weighted by Crippen LogP contribution is -2.32. The monoisotopic (exact) mass is 342 g/mol. The minimum Gasteiger partial charge on any atom is -0.324 e. The molecule has 3 N–H and O–H groups in total. The third kappa shape index (κ3) is 5.10. The summed E-state index contributed by atoms with van der Waals surface area (Å²) in [5.74, 6) is -0.407. The molecule has 1 aromatic carbocycles. The Morgan fingerprint density at radius 2 is 1.84 bits per heavy atom. The van der Waals surface area contributed by atoms with E-state index in [1.54, 1.807) is 48.8 Å². The molecule has 1 atom stereocenters. The first-order valence-corrected chi connectivity index (χ1v) is 7.96. The molecule has 0 fully saturated rings. The van der Waals surface area contributed by atoms with Crippen molar-refractivity contribution in [1.29, 1.82) is 0 Å². The molecule has 1 unspecified atom stereocenters. The SMILES string of the molecule is CCN(OC)C(=O)CC(N)c1ccc(C(=O)Nc2ccncc2)cc1. The lowest BCUT2D eigenvalue weighted by atomic mass is 10.0. The maximum atomic E-state index is 12.2. The molecule has 0 aliphatic carbocycles. The molecule has 2 rings (SSSR count). The second-order valence-corrected chi connectivity index (χ2v) is 5.39. The van der Waals surface area contributed by atoms with Gasteiger partial charge in [-0.05, 0) is 36.8 Å². The van der Waals surface area contributed by atoms with Gasteiger partial charge in [0, 0.05) is 42.7 Å². The number of nitrogens with two attached hydrogens (primary N) is 1. The Morgan fingerprint density at radius 3 is 2.40 bits per heavy atom. The largest absolute Gasteiger partial charge is 0.324 e. The van der Waals surface area contributed by atoms with Crippen LogP contribution in [0, 0.1) is 0 Å². The third-order valence-corrected chi connectivity index (χ3v) is 3.72. The van der Waals surface area contributed by atoms with Crippen molar-refractivity contribution in [3.05, 3.63) is 59.9 Å². The van der Waals surface area contributed by atoms with E-state index in [1.807, 2.05) is 6.92 Å². The van der Waals surface area contributed by atoms with Gasteiger partial charge >= 0.3 is 0 Å². The number of nitrogens with zero attached hydrogens (tertiary/aromatic N) is 2. The van der Waals surface area contributed by atoms with Crippen LogP contribution in [0.1, 0.15) is 35.3 Å². The van der Waals surface area contributed by atoms with Crippen LogP contribution in [0.3, 0.4) is 0 Å². The van der Waals surface area contributed by atoms with Crippen LogP contribution in [0.5, 0.6) is 0 Å². The van der Waals surface area contributed by atoms with Crippen molar-refractivity contribution >= 4 is 17.5 Å². The summed E-state index contributed by atoms with van der Waals surface area (Å²) in [6.45, 7) is 2.28. The van der Waals surface area contributed by atoms with Crippen LogP contribution in [0.25, 0.3) is 0 Å². The van der Waals surface area contributed by atoms with Crippen LogP contribution in [0.4, 0.5) is 5.69 Å². The first-order chi connectivity index (χ1) is 12.0. The van der Waals surface area contributed by atoms with Gasteiger partial charge in [0.15, 0.2) is 0 Å². The first-order valence-electron chi connectivity index (χ1n) is 7.96. The molecule has 25 heavy (non-hydrogen) atoms. The number of pyridine rings is 1. The van der Waals surface area contributed by atoms with Crippen molar-refractivity contribution in [2.45, 2.75) is 19.4 Å². The van der Waals surface area contributed by atoms with E-state index >= 15 is 0 Å². The molecule has 0 bridgehead atoms. The highest BCUT2D eigenvalue weighted by atomic mass is 16.7. The van der Waals surface area contributed by atoms with Crippen LogP contribution >= 0.6 is 0 Å². The van der Waals surface area contributed by atoms with E-state index in [0.29, 0.717) is 17.8 Å². The number of anilines is 1. The predicted octanol–water partition coefficient (Wildman–Crippen LogP) is 2.13. The standard InChI is InChI=1S/C18H22N4O3/c1-3-22(25-2)17(23)12-16(19)13-4-6-14(7-5-13)18(24)21-15-8-10-20-11-9-15/h4-11,16H,3,12,19H2,1-2H3,(H,20,21,24). The van der Waals surface area contributed by atoms with Gasteiger partial charge < -0.3 is 11.1 Å². The number of benzene rings is 1. The fourth-order valence-electron chi connectivity index (χ4n) is 2.34. The minimum atomic E-state index is -0.464.